The molecule has 0 atom stereocenters. The van der Waals surface area contributed by atoms with E-state index in [1.54, 1.807) is 29.2 Å². The fraction of sp³-hybridized carbons (Fsp3) is 0.312. The van der Waals surface area contributed by atoms with Crippen LogP contribution in [0.3, 0.4) is 0 Å². The summed E-state index contributed by atoms with van der Waals surface area (Å²) in [6.45, 7) is 1.46. The third kappa shape index (κ3) is 2.59. The van der Waals surface area contributed by atoms with Gasteiger partial charge < -0.3 is 10.1 Å². The van der Waals surface area contributed by atoms with Crippen LogP contribution in [0.15, 0.2) is 42.9 Å². The van der Waals surface area contributed by atoms with Crippen molar-refractivity contribution in [3.63, 3.8) is 0 Å². The first-order chi connectivity index (χ1) is 11.3. The van der Waals surface area contributed by atoms with Crippen LogP contribution in [0.5, 0.6) is 0 Å². The fourth-order valence-corrected chi connectivity index (χ4v) is 2.96. The van der Waals surface area contributed by atoms with E-state index in [1.807, 2.05) is 22.9 Å². The average Bonchev–Trinajstić information content (AvgIpc) is 3.22. The number of nitrogens with zero attached hydrogens (tertiary/aromatic N) is 4. The number of amides is 1. The SMILES string of the molecule is O=C(Nc1ccnn1C1CCOCC1)c1ccn2ncccc12. The van der Waals surface area contributed by atoms with E-state index in [0.29, 0.717) is 11.4 Å². The molecule has 0 unspecified atom stereocenters. The van der Waals surface area contributed by atoms with Gasteiger partial charge in [-0.1, -0.05) is 0 Å². The summed E-state index contributed by atoms with van der Waals surface area (Å²) >= 11 is 0. The zero-order valence-corrected chi connectivity index (χ0v) is 12.6. The summed E-state index contributed by atoms with van der Waals surface area (Å²) in [5.41, 5.74) is 1.37. The van der Waals surface area contributed by atoms with Crippen molar-refractivity contribution in [2.24, 2.45) is 0 Å². The molecule has 0 saturated carbocycles. The molecule has 3 aromatic rings. The maximum absolute atomic E-state index is 12.6. The molecule has 118 valence electrons. The summed E-state index contributed by atoms with van der Waals surface area (Å²) in [6, 6.07) is 7.55. The minimum Gasteiger partial charge on any atom is -0.381 e. The van der Waals surface area contributed by atoms with Gasteiger partial charge in [-0.25, -0.2) is 9.20 Å². The van der Waals surface area contributed by atoms with Crippen LogP contribution in [-0.4, -0.2) is 38.5 Å². The van der Waals surface area contributed by atoms with Crippen molar-refractivity contribution >= 4 is 17.2 Å². The quantitative estimate of drug-likeness (QED) is 0.804. The standard InChI is InChI=1S/C16H17N5O2/c22-16(13-4-9-20-14(13)2-1-7-17-20)19-15-3-8-18-21(15)12-5-10-23-11-6-12/h1-4,7-9,12H,5-6,10-11H2,(H,19,22). The maximum Gasteiger partial charge on any atom is 0.259 e. The van der Waals surface area contributed by atoms with Crippen LogP contribution in [0.4, 0.5) is 5.82 Å². The molecule has 0 spiro atoms. The Labute approximate surface area is 132 Å². The molecule has 7 heteroatoms. The Hall–Kier alpha value is -2.67. The molecule has 0 aliphatic carbocycles. The minimum absolute atomic E-state index is 0.158. The topological polar surface area (TPSA) is 73.5 Å². The molecule has 4 rings (SSSR count). The molecular formula is C16H17N5O2. The maximum atomic E-state index is 12.6. The van der Waals surface area contributed by atoms with Gasteiger partial charge in [-0.3, -0.25) is 4.79 Å². The van der Waals surface area contributed by atoms with Gasteiger partial charge in [0, 0.05) is 31.7 Å². The molecule has 1 saturated heterocycles. The second kappa shape index (κ2) is 5.85. The van der Waals surface area contributed by atoms with Crippen LogP contribution in [-0.2, 0) is 4.74 Å². The minimum atomic E-state index is -0.158. The summed E-state index contributed by atoms with van der Waals surface area (Å²) in [5, 5.41) is 11.5. The number of aromatic nitrogens is 4. The lowest BCUT2D eigenvalue weighted by atomic mass is 10.1. The molecule has 1 amide bonds. The van der Waals surface area contributed by atoms with Crippen molar-refractivity contribution in [1.82, 2.24) is 19.4 Å². The Bertz CT molecular complexity index is 832. The summed E-state index contributed by atoms with van der Waals surface area (Å²) in [5.74, 6) is 0.555. The zero-order chi connectivity index (χ0) is 15.6. The van der Waals surface area contributed by atoms with Crippen molar-refractivity contribution in [1.29, 1.82) is 0 Å². The van der Waals surface area contributed by atoms with E-state index in [1.165, 1.54) is 0 Å². The lowest BCUT2D eigenvalue weighted by Gasteiger charge is -2.24. The van der Waals surface area contributed by atoms with E-state index in [9.17, 15) is 4.79 Å². The van der Waals surface area contributed by atoms with E-state index in [-0.39, 0.29) is 11.9 Å². The van der Waals surface area contributed by atoms with E-state index >= 15 is 0 Å². The molecule has 0 bridgehead atoms. The Morgan fingerprint density at radius 2 is 2.04 bits per heavy atom. The Balaban J connectivity index is 1.58. The van der Waals surface area contributed by atoms with Crippen molar-refractivity contribution < 1.29 is 9.53 Å². The molecule has 0 radical (unpaired) electrons. The molecular weight excluding hydrogens is 294 g/mol. The normalized spacial score (nSPS) is 15.8. The summed E-state index contributed by atoms with van der Waals surface area (Å²) in [4.78, 5) is 12.6. The number of anilines is 1. The first kappa shape index (κ1) is 14.0. The van der Waals surface area contributed by atoms with Gasteiger partial charge >= 0.3 is 0 Å². The second-order valence-electron chi connectivity index (χ2n) is 5.54. The summed E-state index contributed by atoms with van der Waals surface area (Å²) < 4.78 is 8.96. The van der Waals surface area contributed by atoms with Crippen LogP contribution >= 0.6 is 0 Å². The predicted octanol–water partition coefficient (Wildman–Crippen LogP) is 2.13. The molecule has 1 N–H and O–H groups in total. The first-order valence-corrected chi connectivity index (χ1v) is 7.68. The van der Waals surface area contributed by atoms with E-state index < -0.39 is 0 Å². The zero-order valence-electron chi connectivity index (χ0n) is 12.6. The van der Waals surface area contributed by atoms with Gasteiger partial charge in [-0.15, -0.1) is 0 Å². The molecule has 0 aromatic carbocycles. The van der Waals surface area contributed by atoms with Crippen molar-refractivity contribution in [3.05, 3.63) is 48.4 Å². The number of carbonyl (C=O) groups excluding carboxylic acids is 1. The van der Waals surface area contributed by atoms with Gasteiger partial charge in [0.2, 0.25) is 0 Å². The number of hydrogen-bond acceptors (Lipinski definition) is 4. The highest BCUT2D eigenvalue weighted by Gasteiger charge is 2.20. The van der Waals surface area contributed by atoms with E-state index in [4.69, 9.17) is 4.74 Å². The Morgan fingerprint density at radius 3 is 2.91 bits per heavy atom. The van der Waals surface area contributed by atoms with Gasteiger partial charge in [0.05, 0.1) is 23.3 Å². The largest absolute Gasteiger partial charge is 0.381 e. The molecule has 1 aliphatic heterocycles. The highest BCUT2D eigenvalue weighted by atomic mass is 16.5. The molecule has 23 heavy (non-hydrogen) atoms. The number of nitrogens with one attached hydrogen (secondary N) is 1. The van der Waals surface area contributed by atoms with Gasteiger partial charge in [-0.2, -0.15) is 10.2 Å². The first-order valence-electron chi connectivity index (χ1n) is 7.68. The third-order valence-electron chi connectivity index (χ3n) is 4.13. The van der Waals surface area contributed by atoms with Gasteiger partial charge in [0.25, 0.3) is 5.91 Å². The van der Waals surface area contributed by atoms with Gasteiger partial charge in [0.15, 0.2) is 0 Å². The lowest BCUT2D eigenvalue weighted by Crippen LogP contribution is -2.23. The molecule has 1 aliphatic rings. The average molecular weight is 311 g/mol. The third-order valence-corrected chi connectivity index (χ3v) is 4.13. The monoisotopic (exact) mass is 311 g/mol. The number of ether oxygens (including phenoxy) is 1. The smallest absolute Gasteiger partial charge is 0.259 e. The van der Waals surface area contributed by atoms with E-state index in [0.717, 1.165) is 31.6 Å². The molecule has 3 aromatic heterocycles. The predicted molar refractivity (Wildman–Crippen MR) is 84.5 cm³/mol. The molecule has 1 fully saturated rings. The van der Waals surface area contributed by atoms with Gasteiger partial charge in [-0.05, 0) is 31.0 Å². The van der Waals surface area contributed by atoms with Crippen LogP contribution in [0.1, 0.15) is 29.2 Å². The van der Waals surface area contributed by atoms with Crippen LogP contribution in [0, 0.1) is 0 Å². The fourth-order valence-electron chi connectivity index (χ4n) is 2.96. The summed E-state index contributed by atoms with van der Waals surface area (Å²) in [7, 11) is 0. The molecule has 7 nitrogen and oxygen atoms in total. The Kier molecular flexibility index (Phi) is 3.55. The van der Waals surface area contributed by atoms with Crippen molar-refractivity contribution in [2.45, 2.75) is 18.9 Å². The van der Waals surface area contributed by atoms with Crippen molar-refractivity contribution in [3.8, 4) is 0 Å². The molecule has 4 heterocycles. The number of carbonyl (C=O) groups is 1. The number of rotatable bonds is 3. The Morgan fingerprint density at radius 1 is 1.17 bits per heavy atom. The van der Waals surface area contributed by atoms with Crippen LogP contribution in [0.2, 0.25) is 0 Å². The van der Waals surface area contributed by atoms with Crippen LogP contribution < -0.4 is 5.32 Å². The van der Waals surface area contributed by atoms with Crippen molar-refractivity contribution in [2.75, 3.05) is 18.5 Å². The summed E-state index contributed by atoms with van der Waals surface area (Å²) in [6.07, 6.45) is 6.99. The second-order valence-corrected chi connectivity index (χ2v) is 5.54. The lowest BCUT2D eigenvalue weighted by molar-refractivity contribution is 0.0668. The highest BCUT2D eigenvalue weighted by Crippen LogP contribution is 2.24. The number of fused-ring (bicyclic) bond motifs is 1. The number of hydrogen-bond donors (Lipinski definition) is 1. The van der Waals surface area contributed by atoms with Gasteiger partial charge in [0.1, 0.15) is 5.82 Å². The van der Waals surface area contributed by atoms with Crippen LogP contribution in [0.25, 0.3) is 5.52 Å². The van der Waals surface area contributed by atoms with E-state index in [2.05, 4.69) is 15.5 Å². The highest BCUT2D eigenvalue weighted by molar-refractivity contribution is 6.08.